The lowest BCUT2D eigenvalue weighted by Crippen LogP contribution is -2.55. The summed E-state index contributed by atoms with van der Waals surface area (Å²) < 4.78 is 30.7. The van der Waals surface area contributed by atoms with Crippen LogP contribution in [0.2, 0.25) is 0 Å². The Hall–Kier alpha value is -0.130. The van der Waals surface area contributed by atoms with Crippen LogP contribution in [0.5, 0.6) is 0 Å². The Bertz CT molecular complexity index is 385. The molecule has 18 heavy (non-hydrogen) atoms. The summed E-state index contributed by atoms with van der Waals surface area (Å²) in [5.74, 6) is 0. The Kier molecular flexibility index (Phi) is 4.04. The van der Waals surface area contributed by atoms with Gasteiger partial charge in [-0.15, -0.1) is 0 Å². The maximum atomic E-state index is 12.7. The van der Waals surface area contributed by atoms with Crippen LogP contribution < -0.4 is 5.73 Å². The first-order chi connectivity index (χ1) is 8.36. The van der Waals surface area contributed by atoms with Crippen LogP contribution in [0.3, 0.4) is 0 Å². The lowest BCUT2D eigenvalue weighted by molar-refractivity contribution is 0.0976. The zero-order valence-electron chi connectivity index (χ0n) is 11.4. The van der Waals surface area contributed by atoms with Crippen molar-refractivity contribution in [2.24, 2.45) is 11.1 Å². The van der Waals surface area contributed by atoms with Crippen molar-refractivity contribution in [3.8, 4) is 0 Å². The molecular formula is C13H25NO3S. The molecule has 2 unspecified atom stereocenters. The molecule has 0 aromatic heterocycles. The van der Waals surface area contributed by atoms with Gasteiger partial charge >= 0.3 is 0 Å². The highest BCUT2D eigenvalue weighted by Crippen LogP contribution is 2.39. The third-order valence-electron chi connectivity index (χ3n) is 4.67. The van der Waals surface area contributed by atoms with Gasteiger partial charge in [-0.25, -0.2) is 8.42 Å². The summed E-state index contributed by atoms with van der Waals surface area (Å²) in [5, 5.41) is -0.597. The Morgan fingerprint density at radius 1 is 1.17 bits per heavy atom. The Labute approximate surface area is 110 Å². The molecule has 5 heteroatoms. The first-order valence-electron chi connectivity index (χ1n) is 6.92. The van der Waals surface area contributed by atoms with E-state index in [2.05, 4.69) is 13.8 Å². The third kappa shape index (κ3) is 2.58. The van der Waals surface area contributed by atoms with Crippen molar-refractivity contribution in [2.45, 2.75) is 62.5 Å². The molecule has 106 valence electrons. The fourth-order valence-corrected chi connectivity index (χ4v) is 5.84. The highest BCUT2D eigenvalue weighted by Gasteiger charge is 2.45. The molecule has 2 fully saturated rings. The maximum Gasteiger partial charge on any atom is 0.157 e. The van der Waals surface area contributed by atoms with E-state index >= 15 is 0 Å². The standard InChI is InChI=1S/C13H25NO3S/c1-13(2)7-3-4-11(12(13)14)18(15,16)10-5-8-17-9-6-10/h10-12H,3-9,14H2,1-2H3. The lowest BCUT2D eigenvalue weighted by atomic mass is 9.73. The fourth-order valence-electron chi connectivity index (χ4n) is 3.23. The largest absolute Gasteiger partial charge is 0.381 e. The van der Waals surface area contributed by atoms with E-state index in [1.54, 1.807) is 0 Å². The molecule has 1 aliphatic heterocycles. The summed E-state index contributed by atoms with van der Waals surface area (Å²) in [4.78, 5) is 0. The van der Waals surface area contributed by atoms with Gasteiger partial charge in [0.15, 0.2) is 9.84 Å². The number of sulfone groups is 1. The Morgan fingerprint density at radius 3 is 2.39 bits per heavy atom. The minimum Gasteiger partial charge on any atom is -0.381 e. The van der Waals surface area contributed by atoms with Gasteiger partial charge in [0.25, 0.3) is 0 Å². The summed E-state index contributed by atoms with van der Waals surface area (Å²) in [7, 11) is -3.11. The van der Waals surface area contributed by atoms with E-state index in [9.17, 15) is 8.42 Å². The van der Waals surface area contributed by atoms with Crippen molar-refractivity contribution >= 4 is 9.84 Å². The van der Waals surface area contributed by atoms with Crippen LogP contribution in [0, 0.1) is 5.41 Å². The van der Waals surface area contributed by atoms with E-state index in [0.29, 0.717) is 26.1 Å². The predicted octanol–water partition coefficient (Wildman–Crippen LogP) is 1.49. The normalized spacial score (nSPS) is 34.4. The van der Waals surface area contributed by atoms with Gasteiger partial charge in [-0.1, -0.05) is 20.3 Å². The molecule has 0 aromatic carbocycles. The highest BCUT2D eigenvalue weighted by molar-refractivity contribution is 7.92. The minimum absolute atomic E-state index is 0.0683. The average Bonchev–Trinajstić information content (AvgIpc) is 2.33. The highest BCUT2D eigenvalue weighted by atomic mass is 32.2. The molecule has 0 amide bonds. The van der Waals surface area contributed by atoms with E-state index in [4.69, 9.17) is 10.5 Å². The molecule has 2 rings (SSSR count). The predicted molar refractivity (Wildman–Crippen MR) is 72.2 cm³/mol. The average molecular weight is 275 g/mol. The molecule has 1 saturated heterocycles. The summed E-state index contributed by atoms with van der Waals surface area (Å²) in [6.07, 6.45) is 3.98. The van der Waals surface area contributed by atoms with E-state index in [0.717, 1.165) is 19.3 Å². The first kappa shape index (κ1) is 14.3. The SMILES string of the molecule is CC1(C)CCCC(S(=O)(=O)C2CCOCC2)C1N. The molecule has 2 N–H and O–H groups in total. The van der Waals surface area contributed by atoms with Gasteiger partial charge in [0, 0.05) is 19.3 Å². The summed E-state index contributed by atoms with van der Waals surface area (Å²) in [6, 6.07) is -0.237. The van der Waals surface area contributed by atoms with E-state index in [1.165, 1.54) is 0 Å². The van der Waals surface area contributed by atoms with Gasteiger partial charge in [-0.2, -0.15) is 0 Å². The van der Waals surface area contributed by atoms with Gasteiger partial charge in [-0.3, -0.25) is 0 Å². The van der Waals surface area contributed by atoms with Gasteiger partial charge in [0.05, 0.1) is 10.5 Å². The number of hydrogen-bond acceptors (Lipinski definition) is 4. The van der Waals surface area contributed by atoms with Crippen molar-refractivity contribution in [1.29, 1.82) is 0 Å². The molecule has 0 bridgehead atoms. The molecular weight excluding hydrogens is 250 g/mol. The monoisotopic (exact) mass is 275 g/mol. The first-order valence-corrected chi connectivity index (χ1v) is 8.53. The summed E-state index contributed by atoms with van der Waals surface area (Å²) in [5.41, 5.74) is 6.17. The Balaban J connectivity index is 2.18. The van der Waals surface area contributed by atoms with E-state index < -0.39 is 9.84 Å². The molecule has 1 saturated carbocycles. The van der Waals surface area contributed by atoms with Crippen molar-refractivity contribution in [2.75, 3.05) is 13.2 Å². The maximum absolute atomic E-state index is 12.7. The van der Waals surface area contributed by atoms with Gasteiger partial charge < -0.3 is 10.5 Å². The Morgan fingerprint density at radius 2 is 1.78 bits per heavy atom. The molecule has 2 atom stereocenters. The number of rotatable bonds is 2. The van der Waals surface area contributed by atoms with Crippen molar-refractivity contribution in [1.82, 2.24) is 0 Å². The van der Waals surface area contributed by atoms with E-state index in [1.807, 2.05) is 0 Å². The minimum atomic E-state index is -3.11. The summed E-state index contributed by atoms with van der Waals surface area (Å²) in [6.45, 7) is 5.30. The van der Waals surface area contributed by atoms with Crippen LogP contribution in [0.15, 0.2) is 0 Å². The van der Waals surface area contributed by atoms with Gasteiger partial charge in [0.2, 0.25) is 0 Å². The van der Waals surface area contributed by atoms with Crippen molar-refractivity contribution in [3.63, 3.8) is 0 Å². The number of ether oxygens (including phenoxy) is 1. The third-order valence-corrected chi connectivity index (χ3v) is 7.44. The molecule has 0 radical (unpaired) electrons. The number of nitrogens with two attached hydrogens (primary N) is 1. The molecule has 0 aromatic rings. The second-order valence-corrected chi connectivity index (χ2v) is 8.80. The van der Waals surface area contributed by atoms with Crippen LogP contribution in [-0.4, -0.2) is 38.2 Å². The molecule has 2 aliphatic rings. The van der Waals surface area contributed by atoms with Crippen LogP contribution >= 0.6 is 0 Å². The van der Waals surface area contributed by atoms with Crippen LogP contribution in [-0.2, 0) is 14.6 Å². The number of hydrogen-bond donors (Lipinski definition) is 1. The van der Waals surface area contributed by atoms with Crippen LogP contribution in [0.1, 0.15) is 46.0 Å². The van der Waals surface area contributed by atoms with E-state index in [-0.39, 0.29) is 22.0 Å². The van der Waals surface area contributed by atoms with Gasteiger partial charge in [-0.05, 0) is 31.1 Å². The topological polar surface area (TPSA) is 69.4 Å². The summed E-state index contributed by atoms with van der Waals surface area (Å²) >= 11 is 0. The quantitative estimate of drug-likeness (QED) is 0.829. The van der Waals surface area contributed by atoms with Crippen LogP contribution in [0.25, 0.3) is 0 Å². The second-order valence-electron chi connectivity index (χ2n) is 6.35. The molecule has 1 heterocycles. The second kappa shape index (κ2) is 5.10. The van der Waals surface area contributed by atoms with Crippen molar-refractivity contribution < 1.29 is 13.2 Å². The zero-order valence-corrected chi connectivity index (χ0v) is 12.2. The zero-order chi connectivity index (χ0) is 13.4. The van der Waals surface area contributed by atoms with Crippen molar-refractivity contribution in [3.05, 3.63) is 0 Å². The lowest BCUT2D eigenvalue weighted by Gasteiger charge is -2.42. The van der Waals surface area contributed by atoms with Crippen LogP contribution in [0.4, 0.5) is 0 Å². The molecule has 1 aliphatic carbocycles. The smallest absolute Gasteiger partial charge is 0.157 e. The molecule has 4 nitrogen and oxygen atoms in total. The fraction of sp³-hybridized carbons (Fsp3) is 1.00. The molecule has 0 spiro atoms. The van der Waals surface area contributed by atoms with Gasteiger partial charge in [0.1, 0.15) is 0 Å².